The van der Waals surface area contributed by atoms with E-state index in [1.54, 1.807) is 0 Å². The van der Waals surface area contributed by atoms with Crippen LogP contribution in [-0.4, -0.2) is 16.2 Å². The monoisotopic (exact) mass is 280 g/mol. The molecule has 4 heteroatoms. The van der Waals surface area contributed by atoms with Gasteiger partial charge >= 0.3 is 5.97 Å². The second kappa shape index (κ2) is 4.41. The van der Waals surface area contributed by atoms with Crippen molar-refractivity contribution in [1.29, 1.82) is 0 Å². The highest BCUT2D eigenvalue weighted by Crippen LogP contribution is 2.50. The molecular weight excluding hydrogens is 264 g/mol. The Morgan fingerprint density at radius 3 is 2.47 bits per heavy atom. The number of hydrogen-bond acceptors (Lipinski definition) is 2. The summed E-state index contributed by atoms with van der Waals surface area (Å²) in [6.45, 7) is 0. The van der Waals surface area contributed by atoms with Crippen LogP contribution in [-0.2, 0) is 23.1 Å². The van der Waals surface area contributed by atoms with Gasteiger partial charge in [0.2, 0.25) is 0 Å². The normalized spacial score (nSPS) is 20.5. The van der Waals surface area contributed by atoms with E-state index in [1.165, 1.54) is 0 Å². The summed E-state index contributed by atoms with van der Waals surface area (Å²) in [7, 11) is 0. The number of halogens is 1. The van der Waals surface area contributed by atoms with Crippen molar-refractivity contribution in [3.05, 3.63) is 27.8 Å². The molecule has 2 aliphatic rings. The Kier molecular flexibility index (Phi) is 2.97. The fraction of sp³-hybridized carbons (Fsp3) is 0.533. The number of carboxylic acids is 1. The molecule has 1 aromatic rings. The van der Waals surface area contributed by atoms with Gasteiger partial charge in [-0.2, -0.15) is 0 Å². The van der Waals surface area contributed by atoms with E-state index in [4.69, 9.17) is 11.6 Å². The number of hydrogen-bond donors (Lipinski definition) is 2. The van der Waals surface area contributed by atoms with Gasteiger partial charge < -0.3 is 10.2 Å². The number of aryl methyl sites for hydroxylation is 1. The first-order valence-electron chi connectivity index (χ1n) is 6.83. The summed E-state index contributed by atoms with van der Waals surface area (Å²) in [5, 5.41) is 20.2. The zero-order valence-electron chi connectivity index (χ0n) is 10.7. The number of phenols is 1. The van der Waals surface area contributed by atoms with Gasteiger partial charge in [-0.05, 0) is 49.7 Å². The standard InChI is InChI=1S/C15H17ClO3/c16-12-10-5-2-1-4-9(10)8-11(13(12)17)15(14(18)19)6-3-7-15/h8,17H,1-7H2,(H,18,19). The lowest BCUT2D eigenvalue weighted by atomic mass is 9.63. The van der Waals surface area contributed by atoms with Gasteiger partial charge in [0.25, 0.3) is 0 Å². The Balaban J connectivity index is 2.17. The summed E-state index contributed by atoms with van der Waals surface area (Å²) < 4.78 is 0. The first kappa shape index (κ1) is 12.8. The van der Waals surface area contributed by atoms with Gasteiger partial charge in [-0.3, -0.25) is 4.79 Å². The topological polar surface area (TPSA) is 57.5 Å². The molecule has 1 aromatic carbocycles. The van der Waals surface area contributed by atoms with Crippen LogP contribution in [0, 0.1) is 0 Å². The van der Waals surface area contributed by atoms with Crippen LogP contribution < -0.4 is 0 Å². The van der Waals surface area contributed by atoms with Crippen LogP contribution >= 0.6 is 11.6 Å². The van der Waals surface area contributed by atoms with Crippen molar-refractivity contribution in [3.63, 3.8) is 0 Å². The molecular formula is C15H17ClO3. The van der Waals surface area contributed by atoms with Crippen molar-refractivity contribution in [1.82, 2.24) is 0 Å². The third-order valence-electron chi connectivity index (χ3n) is 4.69. The highest BCUT2D eigenvalue weighted by atomic mass is 35.5. The quantitative estimate of drug-likeness (QED) is 0.872. The Hall–Kier alpha value is -1.22. The van der Waals surface area contributed by atoms with Gasteiger partial charge in [-0.15, -0.1) is 0 Å². The van der Waals surface area contributed by atoms with E-state index >= 15 is 0 Å². The Labute approximate surface area is 117 Å². The minimum atomic E-state index is -0.916. The number of aromatic hydroxyl groups is 1. The molecule has 0 aliphatic heterocycles. The van der Waals surface area contributed by atoms with Crippen LogP contribution in [0.3, 0.4) is 0 Å². The molecule has 3 rings (SSSR count). The minimum absolute atomic E-state index is 0.00980. The van der Waals surface area contributed by atoms with Gasteiger partial charge in [0, 0.05) is 5.56 Å². The highest BCUT2D eigenvalue weighted by molar-refractivity contribution is 6.33. The summed E-state index contributed by atoms with van der Waals surface area (Å²) in [5.41, 5.74) is 1.74. The van der Waals surface area contributed by atoms with E-state index < -0.39 is 11.4 Å². The maximum absolute atomic E-state index is 11.6. The van der Waals surface area contributed by atoms with Crippen molar-refractivity contribution >= 4 is 17.6 Å². The number of rotatable bonds is 2. The summed E-state index contributed by atoms with van der Waals surface area (Å²) in [6.07, 6.45) is 6.06. The smallest absolute Gasteiger partial charge is 0.314 e. The molecule has 0 spiro atoms. The lowest BCUT2D eigenvalue weighted by Crippen LogP contribution is -2.42. The molecule has 0 atom stereocenters. The van der Waals surface area contributed by atoms with Crippen molar-refractivity contribution in [2.45, 2.75) is 50.4 Å². The van der Waals surface area contributed by atoms with Gasteiger partial charge in [0.05, 0.1) is 10.4 Å². The minimum Gasteiger partial charge on any atom is -0.506 e. The van der Waals surface area contributed by atoms with Gasteiger partial charge in [0.1, 0.15) is 5.75 Å². The summed E-state index contributed by atoms with van der Waals surface area (Å²) in [4.78, 5) is 11.6. The molecule has 0 heterocycles. The SMILES string of the molecule is O=C(O)C1(c2cc3c(c(Cl)c2O)CCCC3)CCC1. The average molecular weight is 281 g/mol. The van der Waals surface area contributed by atoms with Crippen LogP contribution in [0.5, 0.6) is 5.75 Å². The Morgan fingerprint density at radius 2 is 1.89 bits per heavy atom. The van der Waals surface area contributed by atoms with Crippen LogP contribution in [0.1, 0.15) is 48.8 Å². The van der Waals surface area contributed by atoms with Crippen LogP contribution in [0.4, 0.5) is 0 Å². The molecule has 0 bridgehead atoms. The number of phenolic OH excluding ortho intramolecular Hbond substituents is 1. The van der Waals surface area contributed by atoms with Crippen molar-refractivity contribution in [3.8, 4) is 5.75 Å². The molecule has 0 amide bonds. The Morgan fingerprint density at radius 1 is 1.21 bits per heavy atom. The number of aliphatic carboxylic acids is 1. The number of fused-ring (bicyclic) bond motifs is 1. The highest BCUT2D eigenvalue weighted by Gasteiger charge is 2.48. The largest absolute Gasteiger partial charge is 0.506 e. The second-order valence-corrected chi connectivity index (χ2v) is 6.05. The number of carbonyl (C=O) groups is 1. The van der Waals surface area contributed by atoms with Crippen molar-refractivity contribution in [2.75, 3.05) is 0 Å². The molecule has 1 fully saturated rings. The molecule has 2 aliphatic carbocycles. The predicted octanol–water partition coefficient (Wildman–Crippen LogP) is 3.43. The summed E-state index contributed by atoms with van der Waals surface area (Å²) in [5.74, 6) is -0.856. The van der Waals surface area contributed by atoms with Gasteiger partial charge in [-0.1, -0.05) is 24.1 Å². The van der Waals surface area contributed by atoms with E-state index in [0.29, 0.717) is 23.4 Å². The zero-order chi connectivity index (χ0) is 13.6. The number of carboxylic acid groups (broad SMARTS) is 1. The third kappa shape index (κ3) is 1.75. The summed E-state index contributed by atoms with van der Waals surface area (Å²) >= 11 is 6.27. The molecule has 102 valence electrons. The van der Waals surface area contributed by atoms with E-state index in [0.717, 1.165) is 43.2 Å². The molecule has 3 nitrogen and oxygen atoms in total. The second-order valence-electron chi connectivity index (χ2n) is 5.67. The third-order valence-corrected chi connectivity index (χ3v) is 5.10. The maximum Gasteiger partial charge on any atom is 0.314 e. The van der Waals surface area contributed by atoms with E-state index in [9.17, 15) is 15.0 Å². The van der Waals surface area contributed by atoms with E-state index in [2.05, 4.69) is 0 Å². The molecule has 2 N–H and O–H groups in total. The molecule has 0 saturated heterocycles. The molecule has 19 heavy (non-hydrogen) atoms. The average Bonchev–Trinajstić information content (AvgIpc) is 2.33. The zero-order valence-corrected chi connectivity index (χ0v) is 11.5. The fourth-order valence-electron chi connectivity index (χ4n) is 3.34. The van der Waals surface area contributed by atoms with E-state index in [-0.39, 0.29) is 5.75 Å². The van der Waals surface area contributed by atoms with Gasteiger partial charge in [-0.25, -0.2) is 0 Å². The first-order valence-corrected chi connectivity index (χ1v) is 7.21. The molecule has 0 aromatic heterocycles. The van der Waals surface area contributed by atoms with Crippen LogP contribution in [0.25, 0.3) is 0 Å². The number of benzene rings is 1. The van der Waals surface area contributed by atoms with Crippen molar-refractivity contribution < 1.29 is 15.0 Å². The van der Waals surface area contributed by atoms with E-state index in [1.807, 2.05) is 6.07 Å². The predicted molar refractivity (Wildman–Crippen MR) is 72.9 cm³/mol. The lowest BCUT2D eigenvalue weighted by molar-refractivity contribution is -0.147. The molecule has 0 unspecified atom stereocenters. The molecule has 1 saturated carbocycles. The van der Waals surface area contributed by atoms with Crippen molar-refractivity contribution in [2.24, 2.45) is 0 Å². The summed E-state index contributed by atoms with van der Waals surface area (Å²) in [6, 6.07) is 1.89. The first-order chi connectivity index (χ1) is 9.06. The van der Waals surface area contributed by atoms with Crippen LogP contribution in [0.15, 0.2) is 6.07 Å². The van der Waals surface area contributed by atoms with Crippen LogP contribution in [0.2, 0.25) is 5.02 Å². The fourth-order valence-corrected chi connectivity index (χ4v) is 3.65. The van der Waals surface area contributed by atoms with Gasteiger partial charge in [0.15, 0.2) is 0 Å². The maximum atomic E-state index is 11.6. The molecule has 0 radical (unpaired) electrons. The Bertz CT molecular complexity index is 547. The lowest BCUT2D eigenvalue weighted by Gasteiger charge is -2.39.